The lowest BCUT2D eigenvalue weighted by Crippen LogP contribution is -2.35. The number of carbonyl (C=O) groups excluding carboxylic acids is 1. The number of hydrogen-bond acceptors (Lipinski definition) is 3. The Morgan fingerprint density at radius 3 is 2.40 bits per heavy atom. The van der Waals surface area contributed by atoms with Crippen molar-refractivity contribution in [1.29, 1.82) is 0 Å². The summed E-state index contributed by atoms with van der Waals surface area (Å²) >= 11 is 1.33. The number of hydrogen-bond donors (Lipinski definition) is 0. The molecule has 154 valence electrons. The van der Waals surface area contributed by atoms with E-state index < -0.39 is 11.7 Å². The number of alkyl halides is 3. The minimum atomic E-state index is -4.36. The van der Waals surface area contributed by atoms with Gasteiger partial charge in [-0.1, -0.05) is 48.5 Å². The smallest absolute Gasteiger partial charge is 0.338 e. The first-order valence-electron chi connectivity index (χ1n) is 9.54. The van der Waals surface area contributed by atoms with Gasteiger partial charge in [0.15, 0.2) is 0 Å². The van der Waals surface area contributed by atoms with Crippen LogP contribution >= 0.6 is 11.3 Å². The minimum absolute atomic E-state index is 0.00244. The van der Waals surface area contributed by atoms with E-state index in [2.05, 4.69) is 23.2 Å². The first-order chi connectivity index (χ1) is 14.4. The highest BCUT2D eigenvalue weighted by molar-refractivity contribution is 7.13. The van der Waals surface area contributed by atoms with Gasteiger partial charge in [0, 0.05) is 24.0 Å². The van der Waals surface area contributed by atoms with Gasteiger partial charge in [0.2, 0.25) is 5.91 Å². The van der Waals surface area contributed by atoms with E-state index in [-0.39, 0.29) is 12.3 Å². The molecule has 7 heteroatoms. The van der Waals surface area contributed by atoms with Gasteiger partial charge < -0.3 is 4.90 Å². The van der Waals surface area contributed by atoms with E-state index in [9.17, 15) is 18.0 Å². The molecule has 0 bridgehead atoms. The Labute approximate surface area is 176 Å². The van der Waals surface area contributed by atoms with Gasteiger partial charge in [-0.05, 0) is 29.7 Å². The standard InChI is InChI=1S/C23H19F3N2OS/c24-23(25,26)19-8-6-18(7-9-19)22-27-20(15-30-22)14-21(29)28-12-10-17(11-13-28)16-4-2-1-3-5-16/h1-10,15H,11-14H2. The van der Waals surface area contributed by atoms with Crippen molar-refractivity contribution >= 4 is 22.8 Å². The number of benzene rings is 2. The molecule has 0 radical (unpaired) electrons. The zero-order valence-electron chi connectivity index (χ0n) is 16.0. The summed E-state index contributed by atoms with van der Waals surface area (Å²) in [5, 5.41) is 2.40. The fraction of sp³-hybridized carbons (Fsp3) is 0.217. The highest BCUT2D eigenvalue weighted by atomic mass is 32.1. The molecule has 4 rings (SSSR count). The lowest BCUT2D eigenvalue weighted by atomic mass is 9.99. The summed E-state index contributed by atoms with van der Waals surface area (Å²) in [5.74, 6) is 0.00244. The monoisotopic (exact) mass is 428 g/mol. The van der Waals surface area contributed by atoms with E-state index in [1.807, 2.05) is 23.1 Å². The number of halogens is 3. The fourth-order valence-corrected chi connectivity index (χ4v) is 4.23. The van der Waals surface area contributed by atoms with Crippen LogP contribution in [0.1, 0.15) is 23.2 Å². The van der Waals surface area contributed by atoms with Gasteiger partial charge in [-0.3, -0.25) is 4.79 Å². The number of aromatic nitrogens is 1. The molecule has 0 saturated carbocycles. The van der Waals surface area contributed by atoms with Crippen LogP contribution in [-0.4, -0.2) is 28.9 Å². The van der Waals surface area contributed by atoms with Crippen LogP contribution in [0.15, 0.2) is 66.1 Å². The lowest BCUT2D eigenvalue weighted by Gasteiger charge is -2.26. The SMILES string of the molecule is O=C(Cc1csc(-c2ccc(C(F)(F)F)cc2)n1)N1CC=C(c2ccccc2)CC1. The molecule has 0 aliphatic carbocycles. The Kier molecular flexibility index (Phi) is 5.72. The minimum Gasteiger partial charge on any atom is -0.338 e. The van der Waals surface area contributed by atoms with Gasteiger partial charge in [-0.2, -0.15) is 13.2 Å². The van der Waals surface area contributed by atoms with E-state index in [4.69, 9.17) is 0 Å². The predicted octanol–water partition coefficient (Wildman–Crippen LogP) is 5.69. The third-order valence-electron chi connectivity index (χ3n) is 5.05. The van der Waals surface area contributed by atoms with Gasteiger partial charge in [0.25, 0.3) is 0 Å². The summed E-state index contributed by atoms with van der Waals surface area (Å²) < 4.78 is 38.1. The molecule has 0 spiro atoms. The van der Waals surface area contributed by atoms with Crippen LogP contribution in [0.2, 0.25) is 0 Å². The van der Waals surface area contributed by atoms with Crippen molar-refractivity contribution in [2.75, 3.05) is 13.1 Å². The van der Waals surface area contributed by atoms with Gasteiger partial charge >= 0.3 is 6.18 Å². The molecule has 1 aliphatic heterocycles. The predicted molar refractivity (Wildman–Crippen MR) is 112 cm³/mol. The van der Waals surface area contributed by atoms with Crippen LogP contribution in [0.5, 0.6) is 0 Å². The largest absolute Gasteiger partial charge is 0.416 e. The molecule has 2 heterocycles. The van der Waals surface area contributed by atoms with E-state index >= 15 is 0 Å². The van der Waals surface area contributed by atoms with E-state index in [0.29, 0.717) is 29.4 Å². The molecule has 2 aromatic carbocycles. The molecule has 30 heavy (non-hydrogen) atoms. The van der Waals surface area contributed by atoms with Crippen LogP contribution < -0.4 is 0 Å². The normalized spacial score (nSPS) is 14.5. The van der Waals surface area contributed by atoms with E-state index in [1.54, 1.807) is 5.38 Å². The molecular weight excluding hydrogens is 409 g/mol. The average molecular weight is 428 g/mol. The summed E-state index contributed by atoms with van der Waals surface area (Å²) in [6, 6.07) is 15.0. The Bertz CT molecular complexity index is 1060. The highest BCUT2D eigenvalue weighted by Crippen LogP contribution is 2.32. The average Bonchev–Trinajstić information content (AvgIpc) is 3.22. The third kappa shape index (κ3) is 4.62. The van der Waals surface area contributed by atoms with E-state index in [0.717, 1.165) is 18.6 Å². The Balaban J connectivity index is 1.38. The first kappa shape index (κ1) is 20.3. The molecule has 0 fully saturated rings. The number of thiazole rings is 1. The summed E-state index contributed by atoms with van der Waals surface area (Å²) in [7, 11) is 0. The van der Waals surface area contributed by atoms with Crippen molar-refractivity contribution < 1.29 is 18.0 Å². The number of nitrogens with zero attached hydrogens (tertiary/aromatic N) is 2. The second kappa shape index (κ2) is 8.44. The second-order valence-electron chi connectivity index (χ2n) is 7.08. The molecule has 3 aromatic rings. The molecule has 0 N–H and O–H groups in total. The molecule has 0 saturated heterocycles. The molecule has 3 nitrogen and oxygen atoms in total. The molecule has 0 atom stereocenters. The third-order valence-corrected chi connectivity index (χ3v) is 5.99. The maximum absolute atomic E-state index is 12.7. The number of carbonyl (C=O) groups is 1. The van der Waals surface area contributed by atoms with Crippen molar-refractivity contribution in [2.45, 2.75) is 19.0 Å². The maximum atomic E-state index is 12.7. The lowest BCUT2D eigenvalue weighted by molar-refractivity contribution is -0.137. The maximum Gasteiger partial charge on any atom is 0.416 e. The molecule has 1 aromatic heterocycles. The Hall–Kier alpha value is -2.93. The Morgan fingerprint density at radius 2 is 1.77 bits per heavy atom. The Morgan fingerprint density at radius 1 is 1.03 bits per heavy atom. The zero-order valence-corrected chi connectivity index (χ0v) is 16.8. The molecule has 1 amide bonds. The molecule has 0 unspecified atom stereocenters. The zero-order chi connectivity index (χ0) is 21.1. The van der Waals surface area contributed by atoms with Crippen LogP contribution in [-0.2, 0) is 17.4 Å². The number of amides is 1. The van der Waals surface area contributed by atoms with Crippen LogP contribution in [0, 0.1) is 0 Å². The van der Waals surface area contributed by atoms with Crippen LogP contribution in [0.3, 0.4) is 0 Å². The molecular formula is C23H19F3N2OS. The molecule has 1 aliphatic rings. The first-order valence-corrected chi connectivity index (χ1v) is 10.4. The van der Waals surface area contributed by atoms with Crippen LogP contribution in [0.4, 0.5) is 13.2 Å². The summed E-state index contributed by atoms with van der Waals surface area (Å²) in [4.78, 5) is 18.9. The van der Waals surface area contributed by atoms with Crippen molar-refractivity contribution in [3.05, 3.63) is 82.9 Å². The highest BCUT2D eigenvalue weighted by Gasteiger charge is 2.30. The second-order valence-corrected chi connectivity index (χ2v) is 7.94. The van der Waals surface area contributed by atoms with Crippen molar-refractivity contribution in [2.24, 2.45) is 0 Å². The van der Waals surface area contributed by atoms with Crippen LogP contribution in [0.25, 0.3) is 16.1 Å². The summed E-state index contributed by atoms with van der Waals surface area (Å²) in [6.07, 6.45) is -1.27. The van der Waals surface area contributed by atoms with Gasteiger partial charge in [0.1, 0.15) is 5.01 Å². The van der Waals surface area contributed by atoms with E-state index in [1.165, 1.54) is 34.6 Å². The topological polar surface area (TPSA) is 33.2 Å². The van der Waals surface area contributed by atoms with Crippen molar-refractivity contribution in [3.63, 3.8) is 0 Å². The summed E-state index contributed by atoms with van der Waals surface area (Å²) in [6.45, 7) is 1.23. The van der Waals surface area contributed by atoms with Crippen molar-refractivity contribution in [1.82, 2.24) is 9.88 Å². The van der Waals surface area contributed by atoms with Crippen molar-refractivity contribution in [3.8, 4) is 10.6 Å². The van der Waals surface area contributed by atoms with Gasteiger partial charge in [-0.15, -0.1) is 11.3 Å². The summed E-state index contributed by atoms with van der Waals surface area (Å²) in [5.41, 5.74) is 2.99. The fourth-order valence-electron chi connectivity index (χ4n) is 3.40. The van der Waals surface area contributed by atoms with Gasteiger partial charge in [0.05, 0.1) is 17.7 Å². The quantitative estimate of drug-likeness (QED) is 0.535. The number of rotatable bonds is 4. The van der Waals surface area contributed by atoms with Gasteiger partial charge in [-0.25, -0.2) is 4.98 Å².